The van der Waals surface area contributed by atoms with Crippen LogP contribution in [0.3, 0.4) is 0 Å². The number of hydrogen-bond donors (Lipinski definition) is 1. The lowest BCUT2D eigenvalue weighted by Crippen LogP contribution is -2.44. The molecule has 1 saturated heterocycles. The summed E-state index contributed by atoms with van der Waals surface area (Å²) in [5.41, 5.74) is 1.32. The minimum Gasteiger partial charge on any atom is -0.367 e. The fourth-order valence-electron chi connectivity index (χ4n) is 2.77. The van der Waals surface area contributed by atoms with Crippen molar-refractivity contribution in [2.24, 2.45) is 0 Å². The number of nitrogens with one attached hydrogen (secondary N) is 1. The first-order valence-corrected chi connectivity index (χ1v) is 10.0. The molecule has 1 aliphatic heterocycles. The summed E-state index contributed by atoms with van der Waals surface area (Å²) >= 11 is 6.10. The van der Waals surface area contributed by atoms with Crippen LogP contribution in [-0.4, -0.2) is 56.3 Å². The van der Waals surface area contributed by atoms with Gasteiger partial charge < -0.3 is 9.80 Å². The quantitative estimate of drug-likeness (QED) is 0.856. The van der Waals surface area contributed by atoms with Crippen molar-refractivity contribution < 1.29 is 8.42 Å². The molecule has 7 nitrogen and oxygen atoms in total. The Hall–Kier alpha value is -1.77. The Morgan fingerprint density at radius 1 is 1.24 bits per heavy atom. The third-order valence-corrected chi connectivity index (χ3v) is 5.85. The summed E-state index contributed by atoms with van der Waals surface area (Å²) in [4.78, 5) is 4.55. The monoisotopic (exact) mass is 383 g/mol. The molecule has 136 valence electrons. The number of piperazine rings is 1. The zero-order chi connectivity index (χ0) is 18.0. The van der Waals surface area contributed by atoms with E-state index in [1.807, 2.05) is 13.0 Å². The van der Waals surface area contributed by atoms with Crippen LogP contribution in [0.5, 0.6) is 0 Å². The molecule has 0 aliphatic carbocycles. The van der Waals surface area contributed by atoms with Gasteiger partial charge in [-0.25, -0.2) is 8.42 Å². The Kier molecular flexibility index (Phi) is 5.21. The van der Waals surface area contributed by atoms with Crippen molar-refractivity contribution in [2.75, 3.05) is 42.8 Å². The van der Waals surface area contributed by atoms with Crippen LogP contribution in [-0.2, 0) is 16.6 Å². The maximum absolute atomic E-state index is 12.7. The zero-order valence-electron chi connectivity index (χ0n) is 14.3. The number of sulfonamides is 1. The third-order valence-electron chi connectivity index (χ3n) is 4.29. The highest BCUT2D eigenvalue weighted by molar-refractivity contribution is 7.92. The van der Waals surface area contributed by atoms with Gasteiger partial charge in [-0.05, 0) is 32.2 Å². The molecule has 2 aromatic rings. The Morgan fingerprint density at radius 3 is 2.60 bits per heavy atom. The number of hydrogen-bond acceptors (Lipinski definition) is 5. The molecule has 25 heavy (non-hydrogen) atoms. The highest BCUT2D eigenvalue weighted by Gasteiger charge is 2.22. The molecule has 0 unspecified atom stereocenters. The molecule has 3 rings (SSSR count). The van der Waals surface area contributed by atoms with E-state index in [1.165, 1.54) is 12.4 Å². The molecule has 1 fully saturated rings. The molecule has 0 spiro atoms. The summed E-state index contributed by atoms with van der Waals surface area (Å²) in [5.74, 6) is 0. The average Bonchev–Trinajstić information content (AvgIpc) is 3.06. The molecule has 0 radical (unpaired) electrons. The van der Waals surface area contributed by atoms with Crippen molar-refractivity contribution in [1.82, 2.24) is 14.7 Å². The minimum absolute atomic E-state index is 0.138. The van der Waals surface area contributed by atoms with Gasteiger partial charge in [-0.15, -0.1) is 0 Å². The van der Waals surface area contributed by atoms with Gasteiger partial charge in [-0.2, -0.15) is 5.10 Å². The van der Waals surface area contributed by atoms with Gasteiger partial charge in [0.05, 0.1) is 17.6 Å². The second-order valence-corrected chi connectivity index (χ2v) is 8.21. The Labute approximate surface area is 153 Å². The van der Waals surface area contributed by atoms with Gasteiger partial charge in [0.15, 0.2) is 0 Å². The Balaban J connectivity index is 1.89. The number of aromatic nitrogens is 2. The van der Waals surface area contributed by atoms with E-state index >= 15 is 0 Å². The third kappa shape index (κ3) is 4.08. The normalized spacial score (nSPS) is 16.2. The fraction of sp³-hybridized carbons (Fsp3) is 0.438. The molecule has 1 aliphatic rings. The topological polar surface area (TPSA) is 70.5 Å². The predicted molar refractivity (Wildman–Crippen MR) is 99.9 cm³/mol. The van der Waals surface area contributed by atoms with Gasteiger partial charge in [0.1, 0.15) is 4.90 Å². The second kappa shape index (κ2) is 7.23. The van der Waals surface area contributed by atoms with Crippen molar-refractivity contribution in [3.63, 3.8) is 0 Å². The number of nitrogens with zero attached hydrogens (tertiary/aromatic N) is 4. The molecule has 0 amide bonds. The van der Waals surface area contributed by atoms with Crippen molar-refractivity contribution >= 4 is 33.0 Å². The van der Waals surface area contributed by atoms with Gasteiger partial charge in [-0.1, -0.05) is 11.6 Å². The van der Waals surface area contributed by atoms with Crippen LogP contribution < -0.4 is 9.62 Å². The molecule has 1 aromatic heterocycles. The van der Waals surface area contributed by atoms with Crippen LogP contribution in [0.25, 0.3) is 0 Å². The fourth-order valence-corrected chi connectivity index (χ4v) is 3.96. The van der Waals surface area contributed by atoms with Crippen molar-refractivity contribution in [3.8, 4) is 0 Å². The van der Waals surface area contributed by atoms with Gasteiger partial charge in [0.25, 0.3) is 10.0 Å². The second-order valence-electron chi connectivity index (χ2n) is 6.09. The number of anilines is 2. The predicted octanol–water partition coefficient (Wildman–Crippen LogP) is 2.11. The summed E-state index contributed by atoms with van der Waals surface area (Å²) in [6.45, 7) is 6.04. The van der Waals surface area contributed by atoms with Crippen molar-refractivity contribution in [1.29, 1.82) is 0 Å². The van der Waals surface area contributed by atoms with Gasteiger partial charge in [-0.3, -0.25) is 9.40 Å². The maximum atomic E-state index is 12.7. The SMILES string of the molecule is CCn1cc(S(=O)(=O)Nc2cc(Cl)ccc2N2CCN(C)CC2)cn1. The van der Waals surface area contributed by atoms with Crippen LogP contribution in [0, 0.1) is 0 Å². The summed E-state index contributed by atoms with van der Waals surface area (Å²) in [7, 11) is -1.64. The van der Waals surface area contributed by atoms with E-state index in [0.29, 0.717) is 17.3 Å². The largest absolute Gasteiger partial charge is 0.367 e. The first-order chi connectivity index (χ1) is 11.9. The highest BCUT2D eigenvalue weighted by Crippen LogP contribution is 2.31. The molecule has 1 N–H and O–H groups in total. The smallest absolute Gasteiger partial charge is 0.265 e. The number of benzene rings is 1. The molecule has 9 heteroatoms. The number of likely N-dealkylation sites (N-methyl/N-ethyl adjacent to an activating group) is 1. The van der Waals surface area contributed by atoms with E-state index in [9.17, 15) is 8.42 Å². The summed E-state index contributed by atoms with van der Waals surface area (Å²) in [5, 5.41) is 4.52. The molecule has 1 aromatic carbocycles. The van der Waals surface area contributed by atoms with Crippen LogP contribution in [0.15, 0.2) is 35.5 Å². The average molecular weight is 384 g/mol. The van der Waals surface area contributed by atoms with Crippen LogP contribution in [0.4, 0.5) is 11.4 Å². The van der Waals surface area contributed by atoms with Crippen LogP contribution >= 0.6 is 11.6 Å². The number of aryl methyl sites for hydroxylation is 1. The maximum Gasteiger partial charge on any atom is 0.265 e. The van der Waals surface area contributed by atoms with E-state index in [1.54, 1.807) is 16.8 Å². The standard InChI is InChI=1S/C16H22ClN5O2S/c1-3-22-12-14(11-18-22)25(23,24)19-15-10-13(17)4-5-16(15)21-8-6-20(2)7-9-21/h4-5,10-12,19H,3,6-9H2,1-2H3. The molecular weight excluding hydrogens is 362 g/mol. The van der Waals surface area contributed by atoms with Gasteiger partial charge in [0, 0.05) is 43.9 Å². The van der Waals surface area contributed by atoms with E-state index < -0.39 is 10.0 Å². The number of rotatable bonds is 5. The lowest BCUT2D eigenvalue weighted by molar-refractivity contribution is 0.313. The van der Waals surface area contributed by atoms with E-state index in [0.717, 1.165) is 31.9 Å². The number of halogens is 1. The lowest BCUT2D eigenvalue weighted by atomic mass is 10.2. The van der Waals surface area contributed by atoms with E-state index in [-0.39, 0.29) is 4.90 Å². The molecule has 0 atom stereocenters. The summed E-state index contributed by atoms with van der Waals surface area (Å²) in [6.07, 6.45) is 2.87. The summed E-state index contributed by atoms with van der Waals surface area (Å²) < 4.78 is 29.6. The minimum atomic E-state index is -3.72. The first-order valence-electron chi connectivity index (χ1n) is 8.17. The summed E-state index contributed by atoms with van der Waals surface area (Å²) in [6, 6.07) is 5.29. The Morgan fingerprint density at radius 2 is 1.96 bits per heavy atom. The lowest BCUT2D eigenvalue weighted by Gasteiger charge is -2.35. The molecular formula is C16H22ClN5O2S. The van der Waals surface area contributed by atoms with Gasteiger partial charge in [0.2, 0.25) is 0 Å². The zero-order valence-corrected chi connectivity index (χ0v) is 15.9. The van der Waals surface area contributed by atoms with E-state index in [2.05, 4.69) is 26.7 Å². The van der Waals surface area contributed by atoms with Gasteiger partial charge >= 0.3 is 0 Å². The van der Waals surface area contributed by atoms with Crippen molar-refractivity contribution in [3.05, 3.63) is 35.6 Å². The van der Waals surface area contributed by atoms with Crippen LogP contribution in [0.2, 0.25) is 5.02 Å². The van der Waals surface area contributed by atoms with Crippen molar-refractivity contribution in [2.45, 2.75) is 18.4 Å². The molecule has 0 saturated carbocycles. The Bertz CT molecular complexity index is 844. The molecule has 0 bridgehead atoms. The molecule has 2 heterocycles. The highest BCUT2D eigenvalue weighted by atomic mass is 35.5. The van der Waals surface area contributed by atoms with Crippen LogP contribution in [0.1, 0.15) is 6.92 Å². The first kappa shape index (κ1) is 18.0. The van der Waals surface area contributed by atoms with E-state index in [4.69, 9.17) is 11.6 Å².